The van der Waals surface area contributed by atoms with E-state index >= 15 is 0 Å². The van der Waals surface area contributed by atoms with Crippen LogP contribution in [-0.2, 0) is 0 Å². The Balaban J connectivity index is 1.80. The topological polar surface area (TPSA) is 38.8 Å². The second-order valence-corrected chi connectivity index (χ2v) is 6.06. The van der Waals surface area contributed by atoms with Gasteiger partial charge in [0.15, 0.2) is 0 Å². The first-order valence-corrected chi connectivity index (χ1v) is 7.48. The highest BCUT2D eigenvalue weighted by atomic mass is 16.2. The maximum absolute atomic E-state index is 11.9. The lowest BCUT2D eigenvalue weighted by Crippen LogP contribution is -2.53. The molecule has 2 fully saturated rings. The third-order valence-electron chi connectivity index (χ3n) is 4.54. The van der Waals surface area contributed by atoms with Crippen LogP contribution < -0.4 is 5.32 Å². The van der Waals surface area contributed by atoms with E-state index in [1.807, 2.05) is 19.0 Å². The molecular weight excluding hydrogens is 240 g/mol. The van der Waals surface area contributed by atoms with Crippen LogP contribution in [0.4, 0.5) is 4.79 Å². The number of hydrogen-bond donors (Lipinski definition) is 1. The predicted octanol–water partition coefficient (Wildman–Crippen LogP) is 0.816. The number of likely N-dealkylation sites (tertiary alicyclic amines) is 1. The van der Waals surface area contributed by atoms with Gasteiger partial charge in [0.1, 0.15) is 0 Å². The Hall–Kier alpha value is -0.810. The molecular formula is C14H28N4O. The summed E-state index contributed by atoms with van der Waals surface area (Å²) in [7, 11) is 5.91. The smallest absolute Gasteiger partial charge is 0.319 e. The lowest BCUT2D eigenvalue weighted by Gasteiger charge is -2.42. The Labute approximate surface area is 116 Å². The Bertz CT molecular complexity index is 294. The summed E-state index contributed by atoms with van der Waals surface area (Å²) in [5.41, 5.74) is 0. The van der Waals surface area contributed by atoms with E-state index in [2.05, 4.69) is 17.3 Å². The van der Waals surface area contributed by atoms with E-state index in [9.17, 15) is 4.79 Å². The minimum atomic E-state index is 0.153. The molecule has 0 saturated carbocycles. The van der Waals surface area contributed by atoms with E-state index in [4.69, 9.17) is 0 Å². The molecule has 2 aliphatic rings. The molecule has 2 saturated heterocycles. The summed E-state index contributed by atoms with van der Waals surface area (Å²) in [4.78, 5) is 18.1. The van der Waals surface area contributed by atoms with Crippen LogP contribution in [0.5, 0.6) is 0 Å². The number of amides is 2. The molecule has 0 bridgehead atoms. The number of likely N-dealkylation sites (N-methyl/N-ethyl adjacent to an activating group) is 1. The Kier molecular flexibility index (Phi) is 5.05. The van der Waals surface area contributed by atoms with Crippen LogP contribution in [0.2, 0.25) is 0 Å². The van der Waals surface area contributed by atoms with Gasteiger partial charge in [-0.15, -0.1) is 0 Å². The monoisotopic (exact) mass is 268 g/mol. The van der Waals surface area contributed by atoms with Gasteiger partial charge in [0.05, 0.1) is 0 Å². The van der Waals surface area contributed by atoms with Crippen LogP contribution in [0, 0.1) is 0 Å². The minimum absolute atomic E-state index is 0.153. The summed E-state index contributed by atoms with van der Waals surface area (Å²) in [6, 6.07) is 1.46. The number of urea groups is 1. The first-order chi connectivity index (χ1) is 9.09. The van der Waals surface area contributed by atoms with Gasteiger partial charge in [-0.1, -0.05) is 0 Å². The van der Waals surface area contributed by atoms with Gasteiger partial charge in [-0.2, -0.15) is 0 Å². The van der Waals surface area contributed by atoms with Crippen molar-refractivity contribution >= 4 is 6.03 Å². The summed E-state index contributed by atoms with van der Waals surface area (Å²) in [5.74, 6) is 0. The number of piperidine rings is 2. The van der Waals surface area contributed by atoms with Crippen molar-refractivity contribution < 1.29 is 4.79 Å². The normalized spacial score (nSPS) is 25.7. The SMILES string of the molecule is CN(C)C(=O)N1CCC(N(C)C2CCCNC2)CC1. The molecule has 0 aromatic carbocycles. The zero-order chi connectivity index (χ0) is 13.8. The maximum atomic E-state index is 11.9. The fourth-order valence-electron chi connectivity index (χ4n) is 3.23. The van der Waals surface area contributed by atoms with Gasteiger partial charge in [-0.25, -0.2) is 4.79 Å². The first-order valence-electron chi connectivity index (χ1n) is 7.48. The van der Waals surface area contributed by atoms with Gasteiger partial charge in [-0.05, 0) is 39.3 Å². The molecule has 2 heterocycles. The number of carbonyl (C=O) groups excluding carboxylic acids is 1. The lowest BCUT2D eigenvalue weighted by molar-refractivity contribution is 0.0876. The van der Waals surface area contributed by atoms with Crippen LogP contribution in [0.1, 0.15) is 25.7 Å². The standard InChI is InChI=1S/C14H28N4O/c1-16(2)14(19)18-9-6-12(7-10-18)17(3)13-5-4-8-15-11-13/h12-13,15H,4-11H2,1-3H3. The largest absolute Gasteiger partial charge is 0.331 e. The van der Waals surface area contributed by atoms with Gasteiger partial charge >= 0.3 is 6.03 Å². The third kappa shape index (κ3) is 3.60. The van der Waals surface area contributed by atoms with Crippen LogP contribution in [-0.4, -0.2) is 80.1 Å². The van der Waals surface area contributed by atoms with E-state index in [0.29, 0.717) is 12.1 Å². The van der Waals surface area contributed by atoms with Gasteiger partial charge in [0.2, 0.25) is 0 Å². The van der Waals surface area contributed by atoms with Gasteiger partial charge in [0, 0.05) is 45.8 Å². The van der Waals surface area contributed by atoms with Crippen molar-refractivity contribution in [3.05, 3.63) is 0 Å². The molecule has 0 aromatic heterocycles. The highest BCUT2D eigenvalue weighted by Gasteiger charge is 2.29. The fourth-order valence-corrected chi connectivity index (χ4v) is 3.23. The van der Waals surface area contributed by atoms with E-state index in [1.165, 1.54) is 19.4 Å². The van der Waals surface area contributed by atoms with Crippen LogP contribution in [0.25, 0.3) is 0 Å². The second-order valence-electron chi connectivity index (χ2n) is 6.06. The predicted molar refractivity (Wildman–Crippen MR) is 77.3 cm³/mol. The summed E-state index contributed by atoms with van der Waals surface area (Å²) >= 11 is 0. The van der Waals surface area contributed by atoms with Crippen molar-refractivity contribution in [3.8, 4) is 0 Å². The summed E-state index contributed by atoms with van der Waals surface area (Å²) in [6.07, 6.45) is 4.80. The van der Waals surface area contributed by atoms with Crippen molar-refractivity contribution in [2.24, 2.45) is 0 Å². The van der Waals surface area contributed by atoms with Crippen molar-refractivity contribution in [3.63, 3.8) is 0 Å². The first kappa shape index (κ1) is 14.6. The van der Waals surface area contributed by atoms with Crippen molar-refractivity contribution in [1.82, 2.24) is 20.0 Å². The molecule has 19 heavy (non-hydrogen) atoms. The second kappa shape index (κ2) is 6.57. The Morgan fingerprint density at radius 2 is 1.79 bits per heavy atom. The fraction of sp³-hybridized carbons (Fsp3) is 0.929. The summed E-state index contributed by atoms with van der Waals surface area (Å²) in [5, 5.41) is 3.48. The molecule has 5 heteroatoms. The molecule has 1 unspecified atom stereocenters. The van der Waals surface area contributed by atoms with E-state index < -0.39 is 0 Å². The summed E-state index contributed by atoms with van der Waals surface area (Å²) in [6.45, 7) is 4.08. The number of rotatable bonds is 2. The van der Waals surface area contributed by atoms with Crippen molar-refractivity contribution in [1.29, 1.82) is 0 Å². The quantitative estimate of drug-likeness (QED) is 0.806. The maximum Gasteiger partial charge on any atom is 0.319 e. The third-order valence-corrected chi connectivity index (χ3v) is 4.54. The molecule has 2 aliphatic heterocycles. The summed E-state index contributed by atoms with van der Waals surface area (Å²) < 4.78 is 0. The van der Waals surface area contributed by atoms with Crippen molar-refractivity contribution in [2.75, 3.05) is 47.3 Å². The number of hydrogen-bond acceptors (Lipinski definition) is 3. The van der Waals surface area contributed by atoms with Gasteiger partial charge < -0.3 is 15.1 Å². The van der Waals surface area contributed by atoms with Gasteiger partial charge in [0.25, 0.3) is 0 Å². The number of carbonyl (C=O) groups is 1. The molecule has 0 spiro atoms. The van der Waals surface area contributed by atoms with Crippen molar-refractivity contribution in [2.45, 2.75) is 37.8 Å². The molecule has 1 atom stereocenters. The zero-order valence-electron chi connectivity index (χ0n) is 12.6. The molecule has 110 valence electrons. The molecule has 2 rings (SSSR count). The Morgan fingerprint density at radius 3 is 2.32 bits per heavy atom. The van der Waals surface area contributed by atoms with E-state index in [0.717, 1.165) is 32.5 Å². The van der Waals surface area contributed by atoms with Crippen LogP contribution in [0.15, 0.2) is 0 Å². The molecule has 0 radical (unpaired) electrons. The number of nitrogens with one attached hydrogen (secondary N) is 1. The molecule has 1 N–H and O–H groups in total. The highest BCUT2D eigenvalue weighted by molar-refractivity contribution is 5.73. The molecule has 5 nitrogen and oxygen atoms in total. The van der Waals surface area contributed by atoms with E-state index in [1.54, 1.807) is 4.90 Å². The molecule has 2 amide bonds. The Morgan fingerprint density at radius 1 is 1.11 bits per heavy atom. The lowest BCUT2D eigenvalue weighted by atomic mass is 9.99. The average molecular weight is 268 g/mol. The zero-order valence-corrected chi connectivity index (χ0v) is 12.6. The van der Waals surface area contributed by atoms with E-state index in [-0.39, 0.29) is 6.03 Å². The molecule has 0 aromatic rings. The highest BCUT2D eigenvalue weighted by Crippen LogP contribution is 2.20. The van der Waals surface area contributed by atoms with Gasteiger partial charge in [-0.3, -0.25) is 4.90 Å². The number of nitrogens with zero attached hydrogens (tertiary/aromatic N) is 3. The minimum Gasteiger partial charge on any atom is -0.331 e. The van der Waals surface area contributed by atoms with Crippen LogP contribution >= 0.6 is 0 Å². The average Bonchev–Trinajstić information content (AvgIpc) is 2.46. The molecule has 0 aliphatic carbocycles. The van der Waals surface area contributed by atoms with Crippen LogP contribution in [0.3, 0.4) is 0 Å².